The third-order valence-corrected chi connectivity index (χ3v) is 9.97. The lowest BCUT2D eigenvalue weighted by Gasteiger charge is -2.52. The van der Waals surface area contributed by atoms with Crippen molar-refractivity contribution in [2.75, 3.05) is 0 Å². The summed E-state index contributed by atoms with van der Waals surface area (Å²) in [5.74, 6) is 2.69. The Labute approximate surface area is 208 Å². The molecule has 0 radical (unpaired) electrons. The first-order valence-corrected chi connectivity index (χ1v) is 13.5. The van der Waals surface area contributed by atoms with Gasteiger partial charge in [-0.05, 0) is 97.1 Å². The maximum absolute atomic E-state index is 13.1. The quantitative estimate of drug-likeness (QED) is 0.507. The molecule has 182 valence electrons. The number of carbonyl (C=O) groups is 2. The minimum absolute atomic E-state index is 0.0284. The van der Waals surface area contributed by atoms with E-state index in [0.29, 0.717) is 35.9 Å². The molecule has 0 bridgehead atoms. The molecule has 2 saturated carbocycles. The lowest BCUT2D eigenvalue weighted by Crippen LogP contribution is -2.45. The third kappa shape index (κ3) is 3.51. The van der Waals surface area contributed by atoms with Crippen LogP contribution in [0.1, 0.15) is 77.2 Å². The summed E-state index contributed by atoms with van der Waals surface area (Å²) in [5.41, 5.74) is 6.87. The molecule has 4 nitrogen and oxygen atoms in total. The maximum Gasteiger partial charge on any atom is 0.156 e. The van der Waals surface area contributed by atoms with Gasteiger partial charge in [-0.3, -0.25) is 9.59 Å². The summed E-state index contributed by atoms with van der Waals surface area (Å²) in [5, 5.41) is 0. The van der Waals surface area contributed by atoms with Gasteiger partial charge in [0.1, 0.15) is 5.78 Å². The number of benzene rings is 1. The number of rotatable bonds is 4. The number of allylic oxidation sites excluding steroid dienone is 4. The topological polar surface area (TPSA) is 52.0 Å². The van der Waals surface area contributed by atoms with Gasteiger partial charge in [0, 0.05) is 36.3 Å². The number of carbonyl (C=O) groups excluding carboxylic acids is 2. The van der Waals surface area contributed by atoms with Crippen LogP contribution in [0, 0.1) is 29.1 Å². The smallest absolute Gasteiger partial charge is 0.156 e. The molecular weight excluding hydrogens is 432 g/mol. The van der Waals surface area contributed by atoms with E-state index in [2.05, 4.69) is 43.1 Å². The van der Waals surface area contributed by atoms with Crippen LogP contribution in [0.5, 0.6) is 0 Å². The summed E-state index contributed by atoms with van der Waals surface area (Å²) >= 11 is 0. The van der Waals surface area contributed by atoms with Crippen LogP contribution in [0.4, 0.5) is 0 Å². The fourth-order valence-corrected chi connectivity index (χ4v) is 8.63. The molecule has 1 aromatic carbocycles. The molecule has 2 fully saturated rings. The van der Waals surface area contributed by atoms with Crippen molar-refractivity contribution in [3.8, 4) is 5.69 Å². The van der Waals surface area contributed by atoms with Crippen LogP contribution >= 0.6 is 0 Å². The van der Waals surface area contributed by atoms with Gasteiger partial charge < -0.3 is 4.57 Å². The van der Waals surface area contributed by atoms with Crippen molar-refractivity contribution in [2.45, 2.75) is 71.6 Å². The second-order valence-corrected chi connectivity index (χ2v) is 11.6. The van der Waals surface area contributed by atoms with Crippen LogP contribution in [0.25, 0.3) is 5.69 Å². The zero-order valence-electron chi connectivity index (χ0n) is 21.2. The Hall–Kier alpha value is -2.75. The van der Waals surface area contributed by atoms with Crippen LogP contribution in [0.3, 0.4) is 0 Å². The molecular formula is C31H36N2O2. The van der Waals surface area contributed by atoms with E-state index in [4.69, 9.17) is 0 Å². The Morgan fingerprint density at radius 2 is 1.97 bits per heavy atom. The standard InChI is InChI=1S/C31H36N2O2/c1-4-20-16-28-26-11-7-22-15-24(35)10-12-25(22)29(26)27(17-31(28,3)30(20)19(2)34)21-5-8-23(9-6-21)33-14-13-32-18-33/h5-6,8-9,13-15,18,20,26-28,30H,4,7,10-12,16-17H2,1-3H3/t20-,26?,27-,28?,30?,31+/m1/s1. The highest BCUT2D eigenvalue weighted by Gasteiger charge is 2.60. The van der Waals surface area contributed by atoms with Gasteiger partial charge in [0.05, 0.1) is 6.33 Å². The number of hydrogen-bond acceptors (Lipinski definition) is 3. The van der Waals surface area contributed by atoms with E-state index in [1.165, 1.54) is 23.1 Å². The van der Waals surface area contributed by atoms with Crippen LogP contribution in [-0.2, 0) is 9.59 Å². The second-order valence-electron chi connectivity index (χ2n) is 11.6. The van der Waals surface area contributed by atoms with Gasteiger partial charge in [-0.1, -0.05) is 38.0 Å². The molecule has 35 heavy (non-hydrogen) atoms. The van der Waals surface area contributed by atoms with Crippen molar-refractivity contribution in [1.29, 1.82) is 0 Å². The van der Waals surface area contributed by atoms with Crippen molar-refractivity contribution < 1.29 is 9.59 Å². The SMILES string of the molecule is CC[C@@H]1CC2C3CCC4=CC(=O)CCC4=C3[C@@H](c3ccc(-n4ccnc4)cc3)C[C@]2(C)C1C(C)=O. The van der Waals surface area contributed by atoms with Crippen molar-refractivity contribution in [2.24, 2.45) is 29.1 Å². The fourth-order valence-electron chi connectivity index (χ4n) is 8.63. The van der Waals surface area contributed by atoms with Gasteiger partial charge in [0.15, 0.2) is 5.78 Å². The normalized spacial score (nSPS) is 34.2. The van der Waals surface area contributed by atoms with Crippen LogP contribution in [0.15, 0.2) is 65.8 Å². The van der Waals surface area contributed by atoms with E-state index in [1.54, 1.807) is 11.8 Å². The van der Waals surface area contributed by atoms with Gasteiger partial charge in [0.2, 0.25) is 0 Å². The Morgan fingerprint density at radius 3 is 2.66 bits per heavy atom. The van der Waals surface area contributed by atoms with E-state index >= 15 is 0 Å². The number of fused-ring (bicyclic) bond motifs is 4. The Morgan fingerprint density at radius 1 is 1.17 bits per heavy atom. The van der Waals surface area contributed by atoms with Gasteiger partial charge >= 0.3 is 0 Å². The van der Waals surface area contributed by atoms with Crippen molar-refractivity contribution >= 4 is 11.6 Å². The average molecular weight is 469 g/mol. The second kappa shape index (κ2) is 8.43. The molecule has 3 unspecified atom stereocenters. The highest BCUT2D eigenvalue weighted by atomic mass is 16.1. The molecule has 1 heterocycles. The average Bonchev–Trinajstić information content (AvgIpc) is 3.49. The summed E-state index contributed by atoms with van der Waals surface area (Å²) in [6.07, 6.45) is 14.5. The summed E-state index contributed by atoms with van der Waals surface area (Å²) in [4.78, 5) is 29.5. The van der Waals surface area contributed by atoms with Crippen LogP contribution in [-0.4, -0.2) is 21.1 Å². The predicted octanol–water partition coefficient (Wildman–Crippen LogP) is 6.61. The van der Waals surface area contributed by atoms with Gasteiger partial charge in [-0.2, -0.15) is 0 Å². The zero-order valence-corrected chi connectivity index (χ0v) is 21.2. The molecule has 4 aliphatic rings. The van der Waals surface area contributed by atoms with Crippen molar-refractivity contribution in [1.82, 2.24) is 9.55 Å². The van der Waals surface area contributed by atoms with Gasteiger partial charge in [-0.25, -0.2) is 4.98 Å². The maximum atomic E-state index is 13.1. The largest absolute Gasteiger partial charge is 0.306 e. The Balaban J connectivity index is 1.49. The number of hydrogen-bond donors (Lipinski definition) is 0. The molecule has 6 rings (SSSR count). The summed E-state index contributed by atoms with van der Waals surface area (Å²) in [6.45, 7) is 6.53. The number of aromatic nitrogens is 2. The van der Waals surface area contributed by atoms with Crippen LogP contribution in [0.2, 0.25) is 0 Å². The van der Waals surface area contributed by atoms with E-state index in [9.17, 15) is 9.59 Å². The number of ketones is 2. The molecule has 1 aromatic heterocycles. The molecule has 0 aliphatic heterocycles. The molecule has 4 heteroatoms. The number of Topliss-reactive ketones (excluding diaryl/α,β-unsaturated/α-hetero) is 1. The van der Waals surface area contributed by atoms with E-state index in [-0.39, 0.29) is 17.1 Å². The summed E-state index contributed by atoms with van der Waals surface area (Å²) in [6, 6.07) is 8.97. The molecule has 4 aliphatic carbocycles. The van der Waals surface area contributed by atoms with Crippen molar-refractivity contribution in [3.05, 3.63) is 71.3 Å². The highest BCUT2D eigenvalue weighted by Crippen LogP contribution is 2.67. The fraction of sp³-hybridized carbons (Fsp3) is 0.516. The molecule has 2 aromatic rings. The first kappa shape index (κ1) is 22.7. The minimum atomic E-state index is 0.0284. The van der Waals surface area contributed by atoms with E-state index in [1.807, 2.05) is 30.1 Å². The van der Waals surface area contributed by atoms with Gasteiger partial charge in [0.25, 0.3) is 0 Å². The van der Waals surface area contributed by atoms with Crippen molar-refractivity contribution in [3.63, 3.8) is 0 Å². The number of nitrogens with zero attached hydrogens (tertiary/aromatic N) is 2. The summed E-state index contributed by atoms with van der Waals surface area (Å²) in [7, 11) is 0. The highest BCUT2D eigenvalue weighted by molar-refractivity contribution is 5.93. The minimum Gasteiger partial charge on any atom is -0.306 e. The third-order valence-electron chi connectivity index (χ3n) is 9.97. The van der Waals surface area contributed by atoms with E-state index < -0.39 is 0 Å². The molecule has 0 spiro atoms. The van der Waals surface area contributed by atoms with Crippen LogP contribution < -0.4 is 0 Å². The lowest BCUT2D eigenvalue weighted by atomic mass is 9.51. The molecule has 6 atom stereocenters. The summed E-state index contributed by atoms with van der Waals surface area (Å²) < 4.78 is 2.04. The first-order chi connectivity index (χ1) is 16.9. The lowest BCUT2D eigenvalue weighted by molar-refractivity contribution is -0.126. The zero-order chi connectivity index (χ0) is 24.3. The molecule has 0 N–H and O–H groups in total. The molecule has 0 amide bonds. The monoisotopic (exact) mass is 468 g/mol. The Bertz CT molecular complexity index is 1220. The predicted molar refractivity (Wildman–Crippen MR) is 137 cm³/mol. The first-order valence-electron chi connectivity index (χ1n) is 13.5. The van der Waals surface area contributed by atoms with Gasteiger partial charge in [-0.15, -0.1) is 0 Å². The molecule has 0 saturated heterocycles. The van der Waals surface area contributed by atoms with E-state index in [0.717, 1.165) is 37.8 Å². The Kier molecular flexibility index (Phi) is 5.47. The number of imidazole rings is 1.